The Balaban J connectivity index is 2.73. The molecule has 0 fully saturated rings. The van der Waals surface area contributed by atoms with Gasteiger partial charge in [-0.2, -0.15) is 0 Å². The number of hydrogen-bond acceptors (Lipinski definition) is 2. The van der Waals surface area contributed by atoms with Crippen LogP contribution in [0.2, 0.25) is 0 Å². The van der Waals surface area contributed by atoms with Crippen molar-refractivity contribution in [2.24, 2.45) is 0 Å². The van der Waals surface area contributed by atoms with Crippen molar-refractivity contribution in [3.05, 3.63) is 29.3 Å². The lowest BCUT2D eigenvalue weighted by Crippen LogP contribution is -1.97. The normalized spacial score (nSPS) is 10.3. The molecule has 0 heterocycles. The molecule has 0 aromatic heterocycles. The fourth-order valence-electron chi connectivity index (χ4n) is 1.84. The lowest BCUT2D eigenvalue weighted by molar-refractivity contribution is -0.116. The minimum atomic E-state index is 0.235. The first kappa shape index (κ1) is 13.8. The van der Waals surface area contributed by atoms with Crippen molar-refractivity contribution >= 4 is 5.78 Å². The number of rotatable bonds is 7. The first-order valence-corrected chi connectivity index (χ1v) is 6.32. The highest BCUT2D eigenvalue weighted by Crippen LogP contribution is 2.22. The molecular weight excluding hydrogens is 212 g/mol. The third-order valence-electron chi connectivity index (χ3n) is 2.92. The molecular formula is C15H22O2. The van der Waals surface area contributed by atoms with Crippen LogP contribution in [0.5, 0.6) is 5.75 Å². The van der Waals surface area contributed by atoms with Gasteiger partial charge in [0, 0.05) is 6.42 Å². The molecule has 17 heavy (non-hydrogen) atoms. The van der Waals surface area contributed by atoms with Gasteiger partial charge in [-0.15, -0.1) is 0 Å². The molecule has 0 unspecified atom stereocenters. The van der Waals surface area contributed by atoms with E-state index in [1.165, 1.54) is 24.0 Å². The number of Topliss-reactive ketones (excluding diaryl/α,β-unsaturated/α-hetero) is 1. The van der Waals surface area contributed by atoms with E-state index in [4.69, 9.17) is 4.74 Å². The Morgan fingerprint density at radius 2 is 2.06 bits per heavy atom. The Bertz CT molecular complexity index is 369. The molecule has 1 aromatic carbocycles. The smallest absolute Gasteiger partial charge is 0.130 e. The fourth-order valence-corrected chi connectivity index (χ4v) is 1.84. The predicted molar refractivity (Wildman–Crippen MR) is 70.6 cm³/mol. The molecule has 0 saturated carbocycles. The second-order valence-corrected chi connectivity index (χ2v) is 4.45. The van der Waals surface area contributed by atoms with E-state index in [1.54, 1.807) is 14.0 Å². The zero-order chi connectivity index (χ0) is 12.7. The van der Waals surface area contributed by atoms with E-state index < -0.39 is 0 Å². The van der Waals surface area contributed by atoms with E-state index in [2.05, 4.69) is 25.1 Å². The number of aryl methyl sites for hydroxylation is 2. The summed E-state index contributed by atoms with van der Waals surface area (Å²) in [4.78, 5) is 10.9. The average molecular weight is 234 g/mol. The van der Waals surface area contributed by atoms with Gasteiger partial charge in [0.1, 0.15) is 11.5 Å². The fraction of sp³-hybridized carbons (Fsp3) is 0.533. The van der Waals surface area contributed by atoms with Gasteiger partial charge in [-0.05, 0) is 43.4 Å². The Morgan fingerprint density at radius 3 is 2.65 bits per heavy atom. The van der Waals surface area contributed by atoms with Gasteiger partial charge in [-0.25, -0.2) is 0 Å². The lowest BCUT2D eigenvalue weighted by Gasteiger charge is -2.10. The van der Waals surface area contributed by atoms with E-state index in [1.807, 2.05) is 0 Å². The summed E-state index contributed by atoms with van der Waals surface area (Å²) in [5.74, 6) is 1.19. The SMILES string of the molecule is CCCCc1ccc(CCC(C)=O)cc1OC. The van der Waals surface area contributed by atoms with Crippen LogP contribution in [0.25, 0.3) is 0 Å². The molecule has 1 aromatic rings. The van der Waals surface area contributed by atoms with Crippen LogP contribution in [-0.4, -0.2) is 12.9 Å². The standard InChI is InChI=1S/C15H22O2/c1-4-5-6-14-10-9-13(8-7-12(2)16)11-15(14)17-3/h9-11H,4-8H2,1-3H3. The van der Waals surface area contributed by atoms with Gasteiger partial charge in [0.25, 0.3) is 0 Å². The maximum atomic E-state index is 10.9. The van der Waals surface area contributed by atoms with Crippen LogP contribution in [0.4, 0.5) is 0 Å². The monoisotopic (exact) mass is 234 g/mol. The van der Waals surface area contributed by atoms with Crippen LogP contribution in [0, 0.1) is 0 Å². The van der Waals surface area contributed by atoms with E-state index in [0.717, 1.165) is 18.6 Å². The van der Waals surface area contributed by atoms with Gasteiger partial charge in [0.2, 0.25) is 0 Å². The first-order valence-electron chi connectivity index (χ1n) is 6.32. The van der Waals surface area contributed by atoms with Crippen LogP contribution < -0.4 is 4.74 Å². The topological polar surface area (TPSA) is 26.3 Å². The molecule has 0 aliphatic heterocycles. The van der Waals surface area contributed by atoms with Gasteiger partial charge in [-0.1, -0.05) is 25.5 Å². The summed E-state index contributed by atoms with van der Waals surface area (Å²) in [6.07, 6.45) is 4.85. The van der Waals surface area contributed by atoms with Crippen molar-refractivity contribution in [1.29, 1.82) is 0 Å². The number of benzene rings is 1. The maximum Gasteiger partial charge on any atom is 0.130 e. The molecule has 0 amide bonds. The van der Waals surface area contributed by atoms with E-state index in [-0.39, 0.29) is 5.78 Å². The van der Waals surface area contributed by atoms with Gasteiger partial charge in [-0.3, -0.25) is 0 Å². The van der Waals surface area contributed by atoms with Gasteiger partial charge < -0.3 is 9.53 Å². The van der Waals surface area contributed by atoms with Crippen molar-refractivity contribution in [3.8, 4) is 5.75 Å². The molecule has 0 N–H and O–H groups in total. The molecule has 2 nitrogen and oxygen atoms in total. The maximum absolute atomic E-state index is 10.9. The highest BCUT2D eigenvalue weighted by Gasteiger charge is 2.05. The number of methoxy groups -OCH3 is 1. The number of ketones is 1. The largest absolute Gasteiger partial charge is 0.496 e. The quantitative estimate of drug-likeness (QED) is 0.721. The van der Waals surface area contributed by atoms with Crippen LogP contribution >= 0.6 is 0 Å². The van der Waals surface area contributed by atoms with Gasteiger partial charge in [0.15, 0.2) is 0 Å². The van der Waals surface area contributed by atoms with Crippen molar-refractivity contribution in [2.75, 3.05) is 7.11 Å². The van der Waals surface area contributed by atoms with Crippen LogP contribution in [0.1, 0.15) is 44.2 Å². The highest BCUT2D eigenvalue weighted by atomic mass is 16.5. The molecule has 0 radical (unpaired) electrons. The summed E-state index contributed by atoms with van der Waals surface area (Å²) in [6.45, 7) is 3.82. The second kappa shape index (κ2) is 7.10. The number of ether oxygens (including phenoxy) is 1. The molecule has 2 heteroatoms. The van der Waals surface area contributed by atoms with E-state index >= 15 is 0 Å². The van der Waals surface area contributed by atoms with Crippen LogP contribution in [-0.2, 0) is 17.6 Å². The first-order chi connectivity index (χ1) is 8.17. The Labute approximate surface area is 104 Å². The third kappa shape index (κ3) is 4.59. The number of carbonyl (C=O) groups is 1. The summed E-state index contributed by atoms with van der Waals surface area (Å²) in [5.41, 5.74) is 2.44. The number of hydrogen-bond donors (Lipinski definition) is 0. The van der Waals surface area contributed by atoms with Crippen molar-refractivity contribution < 1.29 is 9.53 Å². The van der Waals surface area contributed by atoms with Crippen molar-refractivity contribution in [2.45, 2.75) is 46.0 Å². The molecule has 0 aliphatic rings. The molecule has 0 spiro atoms. The summed E-state index contributed by atoms with van der Waals surface area (Å²) in [7, 11) is 1.71. The Hall–Kier alpha value is -1.31. The van der Waals surface area contributed by atoms with Crippen molar-refractivity contribution in [1.82, 2.24) is 0 Å². The van der Waals surface area contributed by atoms with Crippen LogP contribution in [0.15, 0.2) is 18.2 Å². The molecule has 0 atom stereocenters. The summed E-state index contributed by atoms with van der Waals surface area (Å²) in [5, 5.41) is 0. The minimum Gasteiger partial charge on any atom is -0.496 e. The van der Waals surface area contributed by atoms with Gasteiger partial charge in [0.05, 0.1) is 7.11 Å². The number of unbranched alkanes of at least 4 members (excludes halogenated alkanes) is 1. The highest BCUT2D eigenvalue weighted by molar-refractivity contribution is 5.75. The Morgan fingerprint density at radius 1 is 1.29 bits per heavy atom. The van der Waals surface area contributed by atoms with Crippen LogP contribution in [0.3, 0.4) is 0 Å². The zero-order valence-corrected chi connectivity index (χ0v) is 11.1. The minimum absolute atomic E-state index is 0.235. The summed E-state index contributed by atoms with van der Waals surface area (Å²) in [6, 6.07) is 6.30. The molecule has 0 saturated heterocycles. The van der Waals surface area contributed by atoms with E-state index in [0.29, 0.717) is 6.42 Å². The average Bonchev–Trinajstić information content (AvgIpc) is 2.34. The summed E-state index contributed by atoms with van der Waals surface area (Å²) < 4.78 is 5.40. The van der Waals surface area contributed by atoms with E-state index in [9.17, 15) is 4.79 Å². The molecule has 0 bridgehead atoms. The molecule has 0 aliphatic carbocycles. The number of carbonyl (C=O) groups excluding carboxylic acids is 1. The zero-order valence-electron chi connectivity index (χ0n) is 11.1. The van der Waals surface area contributed by atoms with Crippen molar-refractivity contribution in [3.63, 3.8) is 0 Å². The third-order valence-corrected chi connectivity index (χ3v) is 2.92. The molecule has 1 rings (SSSR count). The van der Waals surface area contributed by atoms with Gasteiger partial charge >= 0.3 is 0 Å². The predicted octanol–water partition coefficient (Wildman–Crippen LogP) is 3.56. The second-order valence-electron chi connectivity index (χ2n) is 4.45. The molecule has 94 valence electrons. The lowest BCUT2D eigenvalue weighted by atomic mass is 10.0. The Kier molecular flexibility index (Phi) is 5.75. The summed E-state index contributed by atoms with van der Waals surface area (Å²) >= 11 is 0.